The normalized spacial score (nSPS) is 11.9. The molecule has 6 nitrogen and oxygen atoms in total. The van der Waals surface area contributed by atoms with Crippen LogP contribution in [0.2, 0.25) is 0 Å². The zero-order chi connectivity index (χ0) is 20.1. The van der Waals surface area contributed by atoms with Crippen molar-refractivity contribution in [1.29, 1.82) is 0 Å². The second-order valence-corrected chi connectivity index (χ2v) is 6.70. The lowest BCUT2D eigenvalue weighted by Gasteiger charge is -2.14. The van der Waals surface area contributed by atoms with Crippen molar-refractivity contribution in [2.24, 2.45) is 13.0 Å². The molecule has 0 bridgehead atoms. The van der Waals surface area contributed by atoms with Crippen LogP contribution in [0.3, 0.4) is 0 Å². The number of benzene rings is 2. The van der Waals surface area contributed by atoms with Gasteiger partial charge in [0, 0.05) is 30.7 Å². The molecule has 2 aromatic carbocycles. The molecule has 2 N–H and O–H groups in total. The van der Waals surface area contributed by atoms with Gasteiger partial charge in [0.05, 0.1) is 18.1 Å². The SMILES string of the molecule is CCOc1ccc(CC(CNC(=O)c2cn(C)c3ccccc23)C(=O)O)cc1. The predicted octanol–water partition coefficient (Wildman–Crippen LogP) is 3.25. The van der Waals surface area contributed by atoms with Crippen LogP contribution in [0.4, 0.5) is 0 Å². The van der Waals surface area contributed by atoms with E-state index in [1.807, 2.05) is 67.1 Å². The van der Waals surface area contributed by atoms with Crippen molar-refractivity contribution < 1.29 is 19.4 Å². The average Bonchev–Trinajstić information content (AvgIpc) is 3.03. The Labute approximate surface area is 163 Å². The minimum Gasteiger partial charge on any atom is -0.494 e. The highest BCUT2D eigenvalue weighted by Crippen LogP contribution is 2.20. The smallest absolute Gasteiger partial charge is 0.308 e. The van der Waals surface area contributed by atoms with Crippen molar-refractivity contribution in [3.63, 3.8) is 0 Å². The molecule has 28 heavy (non-hydrogen) atoms. The fraction of sp³-hybridized carbons (Fsp3) is 0.273. The number of hydrogen-bond donors (Lipinski definition) is 2. The van der Waals surface area contributed by atoms with Gasteiger partial charge in [0.15, 0.2) is 0 Å². The molecule has 3 rings (SSSR count). The molecule has 0 spiro atoms. The number of carboxylic acid groups (broad SMARTS) is 1. The van der Waals surface area contributed by atoms with E-state index in [0.717, 1.165) is 22.2 Å². The number of ether oxygens (including phenoxy) is 1. The zero-order valence-electron chi connectivity index (χ0n) is 16.0. The molecule has 0 saturated carbocycles. The van der Waals surface area contributed by atoms with Crippen LogP contribution in [0.15, 0.2) is 54.7 Å². The molecular formula is C22H24N2O4. The summed E-state index contributed by atoms with van der Waals surface area (Å²) in [6.07, 6.45) is 2.10. The second kappa shape index (κ2) is 8.61. The van der Waals surface area contributed by atoms with Crippen molar-refractivity contribution in [3.8, 4) is 5.75 Å². The molecule has 0 saturated heterocycles. The lowest BCUT2D eigenvalue weighted by Crippen LogP contribution is -2.34. The fourth-order valence-corrected chi connectivity index (χ4v) is 3.25. The third kappa shape index (κ3) is 4.34. The van der Waals surface area contributed by atoms with Crippen LogP contribution in [0.5, 0.6) is 5.75 Å². The van der Waals surface area contributed by atoms with Crippen molar-refractivity contribution in [1.82, 2.24) is 9.88 Å². The van der Waals surface area contributed by atoms with Crippen molar-refractivity contribution in [2.45, 2.75) is 13.3 Å². The topological polar surface area (TPSA) is 80.6 Å². The van der Waals surface area contributed by atoms with E-state index in [2.05, 4.69) is 5.32 Å². The van der Waals surface area contributed by atoms with Crippen LogP contribution in [0.25, 0.3) is 10.9 Å². The first-order chi connectivity index (χ1) is 13.5. The summed E-state index contributed by atoms with van der Waals surface area (Å²) >= 11 is 0. The second-order valence-electron chi connectivity index (χ2n) is 6.70. The van der Waals surface area contributed by atoms with Crippen LogP contribution in [-0.2, 0) is 18.3 Å². The van der Waals surface area contributed by atoms with E-state index < -0.39 is 11.9 Å². The Morgan fingerprint density at radius 1 is 1.14 bits per heavy atom. The molecule has 1 unspecified atom stereocenters. The molecule has 3 aromatic rings. The quantitative estimate of drug-likeness (QED) is 0.629. The van der Waals surface area contributed by atoms with Gasteiger partial charge >= 0.3 is 5.97 Å². The number of aryl methyl sites for hydroxylation is 1. The number of carbonyl (C=O) groups excluding carboxylic acids is 1. The number of nitrogens with zero attached hydrogens (tertiary/aromatic N) is 1. The predicted molar refractivity (Wildman–Crippen MR) is 108 cm³/mol. The van der Waals surface area contributed by atoms with Crippen LogP contribution < -0.4 is 10.1 Å². The Hall–Kier alpha value is -3.28. The molecule has 1 amide bonds. The number of aromatic nitrogens is 1. The number of aliphatic carboxylic acids is 1. The van der Waals surface area contributed by atoms with Gasteiger partial charge < -0.3 is 19.7 Å². The van der Waals surface area contributed by atoms with Gasteiger partial charge in [-0.3, -0.25) is 9.59 Å². The minimum atomic E-state index is -0.938. The van der Waals surface area contributed by atoms with Gasteiger partial charge in [-0.15, -0.1) is 0 Å². The molecule has 1 heterocycles. The maximum Gasteiger partial charge on any atom is 0.308 e. The van der Waals surface area contributed by atoms with Gasteiger partial charge in [-0.1, -0.05) is 30.3 Å². The van der Waals surface area contributed by atoms with E-state index in [9.17, 15) is 14.7 Å². The average molecular weight is 380 g/mol. The summed E-state index contributed by atoms with van der Waals surface area (Å²) in [6, 6.07) is 15.0. The maximum absolute atomic E-state index is 12.6. The number of amides is 1. The van der Waals surface area contributed by atoms with E-state index in [1.165, 1.54) is 0 Å². The van der Waals surface area contributed by atoms with Crippen molar-refractivity contribution >= 4 is 22.8 Å². The summed E-state index contributed by atoms with van der Waals surface area (Å²) in [5.41, 5.74) is 2.38. The molecule has 0 aliphatic rings. The van der Waals surface area contributed by atoms with E-state index in [0.29, 0.717) is 18.6 Å². The number of hydrogen-bond acceptors (Lipinski definition) is 3. The van der Waals surface area contributed by atoms with E-state index in [1.54, 1.807) is 6.20 Å². The van der Waals surface area contributed by atoms with E-state index in [-0.39, 0.29) is 12.5 Å². The van der Waals surface area contributed by atoms with Gasteiger partial charge in [-0.05, 0) is 37.1 Å². The van der Waals surface area contributed by atoms with Gasteiger partial charge in [0.1, 0.15) is 5.75 Å². The number of carboxylic acids is 1. The van der Waals surface area contributed by atoms with Gasteiger partial charge in [0.25, 0.3) is 5.91 Å². The van der Waals surface area contributed by atoms with Crippen molar-refractivity contribution in [3.05, 3.63) is 65.9 Å². The summed E-state index contributed by atoms with van der Waals surface area (Å²) in [5, 5.41) is 13.2. The van der Waals surface area contributed by atoms with E-state index in [4.69, 9.17) is 4.74 Å². The van der Waals surface area contributed by atoms with Crippen molar-refractivity contribution in [2.75, 3.05) is 13.2 Å². The molecular weight excluding hydrogens is 356 g/mol. The number of nitrogens with one attached hydrogen (secondary N) is 1. The summed E-state index contributed by atoms with van der Waals surface area (Å²) in [5.74, 6) is -1.17. The highest BCUT2D eigenvalue weighted by atomic mass is 16.5. The fourth-order valence-electron chi connectivity index (χ4n) is 3.25. The van der Waals surface area contributed by atoms with Gasteiger partial charge in [-0.2, -0.15) is 0 Å². The highest BCUT2D eigenvalue weighted by Gasteiger charge is 2.21. The molecule has 1 aromatic heterocycles. The maximum atomic E-state index is 12.6. The third-order valence-electron chi connectivity index (χ3n) is 4.72. The van der Waals surface area contributed by atoms with Crippen LogP contribution in [-0.4, -0.2) is 34.7 Å². The van der Waals surface area contributed by atoms with Crippen LogP contribution >= 0.6 is 0 Å². The standard InChI is InChI=1S/C22H24N2O4/c1-3-28-17-10-8-15(9-11-17)12-16(22(26)27)13-23-21(25)19-14-24(2)20-7-5-4-6-18(19)20/h4-11,14,16H,3,12-13H2,1-2H3,(H,23,25)(H,26,27). The summed E-state index contributed by atoms with van der Waals surface area (Å²) < 4.78 is 7.29. The minimum absolute atomic E-state index is 0.0601. The van der Waals surface area contributed by atoms with Gasteiger partial charge in [-0.25, -0.2) is 0 Å². The zero-order valence-corrected chi connectivity index (χ0v) is 16.0. The van der Waals surface area contributed by atoms with Crippen LogP contribution in [0.1, 0.15) is 22.8 Å². The van der Waals surface area contributed by atoms with Crippen LogP contribution in [0, 0.1) is 5.92 Å². The molecule has 0 aliphatic carbocycles. The molecule has 0 fully saturated rings. The molecule has 146 valence electrons. The number of rotatable bonds is 8. The summed E-state index contributed by atoms with van der Waals surface area (Å²) in [7, 11) is 1.88. The Morgan fingerprint density at radius 3 is 2.54 bits per heavy atom. The lowest BCUT2D eigenvalue weighted by molar-refractivity contribution is -0.141. The monoisotopic (exact) mass is 380 g/mol. The van der Waals surface area contributed by atoms with Gasteiger partial charge in [0.2, 0.25) is 0 Å². The number of para-hydroxylation sites is 1. The first-order valence-corrected chi connectivity index (χ1v) is 9.26. The summed E-state index contributed by atoms with van der Waals surface area (Å²) in [6.45, 7) is 2.55. The Bertz CT molecular complexity index is 976. The first-order valence-electron chi connectivity index (χ1n) is 9.26. The molecule has 0 aliphatic heterocycles. The Kier molecular flexibility index (Phi) is 5.99. The van der Waals surface area contributed by atoms with E-state index >= 15 is 0 Å². The number of fused-ring (bicyclic) bond motifs is 1. The number of carbonyl (C=O) groups is 2. The highest BCUT2D eigenvalue weighted by molar-refractivity contribution is 6.07. The Morgan fingerprint density at radius 2 is 1.86 bits per heavy atom. The molecule has 1 atom stereocenters. The first kappa shape index (κ1) is 19.5. The molecule has 6 heteroatoms. The summed E-state index contributed by atoms with van der Waals surface area (Å²) in [4.78, 5) is 24.3. The molecule has 0 radical (unpaired) electrons. The third-order valence-corrected chi connectivity index (χ3v) is 4.72. The Balaban J connectivity index is 1.67. The lowest BCUT2D eigenvalue weighted by atomic mass is 9.99. The largest absolute Gasteiger partial charge is 0.494 e.